The molecule has 16 heavy (non-hydrogen) atoms. The minimum atomic E-state index is -0.210. The van der Waals surface area contributed by atoms with Crippen molar-refractivity contribution in [2.24, 2.45) is 5.92 Å². The number of nitrogens with zero attached hydrogens (tertiary/aromatic N) is 1. The first kappa shape index (κ1) is 11.8. The maximum Gasteiger partial charge on any atom is 0.156 e. The number of carbonyl (C=O) groups is 2. The summed E-state index contributed by atoms with van der Waals surface area (Å²) in [4.78, 5) is 25.8. The van der Waals surface area contributed by atoms with Gasteiger partial charge in [0.05, 0.1) is 5.54 Å². The maximum atomic E-state index is 12.4. The van der Waals surface area contributed by atoms with E-state index < -0.39 is 0 Å². The molecular formula is C13H21NO2. The highest BCUT2D eigenvalue weighted by Gasteiger charge is 2.50. The van der Waals surface area contributed by atoms with Crippen molar-refractivity contribution >= 4 is 11.6 Å². The van der Waals surface area contributed by atoms with Gasteiger partial charge >= 0.3 is 0 Å². The molecule has 90 valence electrons. The molecular weight excluding hydrogens is 202 g/mol. The van der Waals surface area contributed by atoms with Crippen LogP contribution in [0.2, 0.25) is 0 Å². The lowest BCUT2D eigenvalue weighted by molar-refractivity contribution is -0.134. The molecule has 0 radical (unpaired) electrons. The van der Waals surface area contributed by atoms with Gasteiger partial charge in [0.2, 0.25) is 0 Å². The molecule has 0 amide bonds. The molecule has 2 rings (SSSR count). The Bertz CT molecular complexity index is 313. The molecule has 1 saturated heterocycles. The van der Waals surface area contributed by atoms with Gasteiger partial charge in [0, 0.05) is 12.3 Å². The molecule has 2 fully saturated rings. The fourth-order valence-corrected chi connectivity index (χ4v) is 3.39. The number of ketones is 2. The first-order chi connectivity index (χ1) is 7.56. The number of likely N-dealkylation sites (N-methyl/N-ethyl adjacent to an activating group) is 1. The Labute approximate surface area is 97.2 Å². The highest BCUT2D eigenvalue weighted by Crippen LogP contribution is 2.42. The summed E-state index contributed by atoms with van der Waals surface area (Å²) in [7, 11) is 2.06. The van der Waals surface area contributed by atoms with Gasteiger partial charge in [-0.05, 0) is 52.6 Å². The van der Waals surface area contributed by atoms with Crippen molar-refractivity contribution < 1.29 is 9.59 Å². The Hall–Kier alpha value is -0.700. The molecule has 2 atom stereocenters. The zero-order chi connectivity index (χ0) is 11.8. The maximum absolute atomic E-state index is 12.4. The first-order valence-electron chi connectivity index (χ1n) is 6.31. The normalized spacial score (nSPS) is 35.9. The number of hydrogen-bond donors (Lipinski definition) is 0. The fourth-order valence-electron chi connectivity index (χ4n) is 3.39. The monoisotopic (exact) mass is 223 g/mol. The summed E-state index contributed by atoms with van der Waals surface area (Å²) in [6.45, 7) is 2.61. The van der Waals surface area contributed by atoms with Crippen LogP contribution in [0.15, 0.2) is 0 Å². The zero-order valence-electron chi connectivity index (χ0n) is 10.3. The van der Waals surface area contributed by atoms with E-state index in [1.807, 2.05) is 0 Å². The van der Waals surface area contributed by atoms with Crippen molar-refractivity contribution in [3.05, 3.63) is 0 Å². The van der Waals surface area contributed by atoms with Crippen LogP contribution in [0, 0.1) is 5.92 Å². The molecule has 1 aliphatic carbocycles. The van der Waals surface area contributed by atoms with Crippen LogP contribution in [0.25, 0.3) is 0 Å². The summed E-state index contributed by atoms with van der Waals surface area (Å²) in [5.41, 5.74) is -0.210. The molecule has 3 nitrogen and oxygen atoms in total. The summed E-state index contributed by atoms with van der Waals surface area (Å²) in [6.07, 6.45) is 5.67. The topological polar surface area (TPSA) is 37.4 Å². The summed E-state index contributed by atoms with van der Waals surface area (Å²) < 4.78 is 0. The lowest BCUT2D eigenvalue weighted by Crippen LogP contribution is -2.53. The van der Waals surface area contributed by atoms with Crippen LogP contribution in [-0.4, -0.2) is 35.6 Å². The minimum Gasteiger partial charge on any atom is -0.300 e. The van der Waals surface area contributed by atoms with E-state index in [1.54, 1.807) is 6.92 Å². The largest absolute Gasteiger partial charge is 0.300 e. The summed E-state index contributed by atoms with van der Waals surface area (Å²) in [5, 5.41) is 0. The lowest BCUT2D eigenvalue weighted by atomic mass is 9.83. The number of Topliss-reactive ketones (excluding diaryl/α,β-unsaturated/α-hetero) is 2. The Kier molecular flexibility index (Phi) is 3.15. The van der Waals surface area contributed by atoms with E-state index in [1.165, 1.54) is 6.42 Å². The second-order valence-corrected chi connectivity index (χ2v) is 5.42. The number of hydrogen-bond acceptors (Lipinski definition) is 3. The summed E-state index contributed by atoms with van der Waals surface area (Å²) >= 11 is 0. The number of likely N-dealkylation sites (tertiary alicyclic amines) is 1. The third kappa shape index (κ3) is 1.81. The summed E-state index contributed by atoms with van der Waals surface area (Å²) in [6, 6.07) is 0. The van der Waals surface area contributed by atoms with Crippen molar-refractivity contribution in [2.75, 3.05) is 13.6 Å². The van der Waals surface area contributed by atoms with Crippen LogP contribution in [0.1, 0.15) is 45.4 Å². The highest BCUT2D eigenvalue weighted by atomic mass is 16.1. The molecule has 1 heterocycles. The van der Waals surface area contributed by atoms with Gasteiger partial charge in [-0.15, -0.1) is 0 Å². The van der Waals surface area contributed by atoms with E-state index in [4.69, 9.17) is 0 Å². The highest BCUT2D eigenvalue weighted by molar-refractivity contribution is 5.95. The number of carbonyl (C=O) groups excluding carboxylic acids is 2. The molecule has 0 aromatic heterocycles. The SMILES string of the molecule is CC(=O)CC1CCC2(CCCCN2C)C1=O. The van der Waals surface area contributed by atoms with Crippen molar-refractivity contribution in [3.63, 3.8) is 0 Å². The van der Waals surface area contributed by atoms with Gasteiger partial charge in [0.15, 0.2) is 5.78 Å². The third-order valence-corrected chi connectivity index (χ3v) is 4.33. The Balaban J connectivity index is 2.13. The van der Waals surface area contributed by atoms with Crippen LogP contribution in [0.4, 0.5) is 0 Å². The summed E-state index contributed by atoms with van der Waals surface area (Å²) in [5.74, 6) is 0.483. The van der Waals surface area contributed by atoms with Crippen molar-refractivity contribution in [1.82, 2.24) is 4.90 Å². The first-order valence-corrected chi connectivity index (χ1v) is 6.31. The lowest BCUT2D eigenvalue weighted by Gasteiger charge is -2.41. The van der Waals surface area contributed by atoms with Crippen molar-refractivity contribution in [3.8, 4) is 0 Å². The van der Waals surface area contributed by atoms with Gasteiger partial charge in [-0.25, -0.2) is 0 Å². The predicted octanol–water partition coefficient (Wildman–Crippen LogP) is 1.80. The third-order valence-electron chi connectivity index (χ3n) is 4.33. The Morgan fingerprint density at radius 1 is 1.44 bits per heavy atom. The molecule has 0 bridgehead atoms. The fraction of sp³-hybridized carbons (Fsp3) is 0.846. The molecule has 1 saturated carbocycles. The van der Waals surface area contributed by atoms with Crippen molar-refractivity contribution in [2.45, 2.75) is 51.0 Å². The molecule has 1 spiro atoms. The number of rotatable bonds is 2. The van der Waals surface area contributed by atoms with Crippen LogP contribution in [0.5, 0.6) is 0 Å². The average Bonchev–Trinajstić information content (AvgIpc) is 2.52. The minimum absolute atomic E-state index is 0.00181. The van der Waals surface area contributed by atoms with Gasteiger partial charge in [0.1, 0.15) is 5.78 Å². The molecule has 3 heteroatoms. The second kappa shape index (κ2) is 4.28. The van der Waals surface area contributed by atoms with Crippen LogP contribution in [0.3, 0.4) is 0 Å². The molecule has 2 unspecified atom stereocenters. The number of piperidine rings is 1. The van der Waals surface area contributed by atoms with Crippen LogP contribution >= 0.6 is 0 Å². The van der Waals surface area contributed by atoms with Crippen molar-refractivity contribution in [1.29, 1.82) is 0 Å². The Morgan fingerprint density at radius 2 is 2.19 bits per heavy atom. The second-order valence-electron chi connectivity index (χ2n) is 5.42. The van der Waals surface area contributed by atoms with Gasteiger partial charge < -0.3 is 4.79 Å². The van der Waals surface area contributed by atoms with E-state index >= 15 is 0 Å². The standard InChI is InChI=1S/C13H21NO2/c1-10(15)9-11-5-7-13(12(11)16)6-3-4-8-14(13)2/h11H,3-9H2,1-2H3. The van der Waals surface area contributed by atoms with Crippen LogP contribution in [-0.2, 0) is 9.59 Å². The molecule has 0 aromatic carbocycles. The molecule has 2 aliphatic rings. The van der Waals surface area contributed by atoms with E-state index in [9.17, 15) is 9.59 Å². The smallest absolute Gasteiger partial charge is 0.156 e. The molecule has 0 N–H and O–H groups in total. The quantitative estimate of drug-likeness (QED) is 0.716. The molecule has 0 aromatic rings. The zero-order valence-corrected chi connectivity index (χ0v) is 10.3. The van der Waals surface area contributed by atoms with Gasteiger partial charge in [-0.2, -0.15) is 0 Å². The van der Waals surface area contributed by atoms with E-state index in [-0.39, 0.29) is 17.2 Å². The predicted molar refractivity (Wildman–Crippen MR) is 62.2 cm³/mol. The van der Waals surface area contributed by atoms with Gasteiger partial charge in [-0.3, -0.25) is 9.69 Å². The molecule has 1 aliphatic heterocycles. The average molecular weight is 223 g/mol. The van der Waals surface area contributed by atoms with Gasteiger partial charge in [0.25, 0.3) is 0 Å². The van der Waals surface area contributed by atoms with E-state index in [0.717, 1.165) is 32.2 Å². The van der Waals surface area contributed by atoms with Gasteiger partial charge in [-0.1, -0.05) is 0 Å². The van der Waals surface area contributed by atoms with E-state index in [0.29, 0.717) is 12.2 Å². The van der Waals surface area contributed by atoms with E-state index in [2.05, 4.69) is 11.9 Å². The van der Waals surface area contributed by atoms with Crippen LogP contribution < -0.4 is 0 Å². The Morgan fingerprint density at radius 3 is 2.81 bits per heavy atom.